The van der Waals surface area contributed by atoms with Gasteiger partial charge in [0.2, 0.25) is 0 Å². The Kier molecular flexibility index (Phi) is 3.48. The van der Waals surface area contributed by atoms with Crippen molar-refractivity contribution in [2.24, 2.45) is 0 Å². The van der Waals surface area contributed by atoms with Crippen LogP contribution < -0.4 is 0 Å². The first-order chi connectivity index (χ1) is 7.65. The number of Topliss-reactive ketones (excluding diaryl/α,β-unsaturated/α-hetero) is 1. The van der Waals surface area contributed by atoms with Gasteiger partial charge in [-0.25, -0.2) is 0 Å². The molecule has 1 aromatic carbocycles. The summed E-state index contributed by atoms with van der Waals surface area (Å²) >= 11 is 3.49. The fraction of sp³-hybridized carbons (Fsp3) is 0.500. The number of hydrogen-bond acceptors (Lipinski definition) is 1. The number of benzene rings is 1. The van der Waals surface area contributed by atoms with Gasteiger partial charge in [0, 0.05) is 4.47 Å². The fourth-order valence-electron chi connectivity index (χ4n) is 2.79. The van der Waals surface area contributed by atoms with Crippen LogP contribution in [0.4, 0.5) is 0 Å². The van der Waals surface area contributed by atoms with E-state index >= 15 is 0 Å². The van der Waals surface area contributed by atoms with Crippen LogP contribution in [-0.4, -0.2) is 5.78 Å². The first kappa shape index (κ1) is 11.8. The number of carbonyl (C=O) groups excluding carboxylic acids is 1. The molecule has 0 radical (unpaired) electrons. The minimum atomic E-state index is -0.206. The zero-order chi connectivity index (χ0) is 11.6. The zero-order valence-corrected chi connectivity index (χ0v) is 11.2. The molecule has 1 fully saturated rings. The maximum atomic E-state index is 12.0. The van der Waals surface area contributed by atoms with Gasteiger partial charge in [-0.3, -0.25) is 4.79 Å². The Bertz CT molecular complexity index is 391. The van der Waals surface area contributed by atoms with Crippen molar-refractivity contribution in [3.63, 3.8) is 0 Å². The summed E-state index contributed by atoms with van der Waals surface area (Å²) in [5.41, 5.74) is 0.983. The molecule has 16 heavy (non-hydrogen) atoms. The number of hydrogen-bond donors (Lipinski definition) is 0. The van der Waals surface area contributed by atoms with Gasteiger partial charge in [-0.15, -0.1) is 0 Å². The van der Waals surface area contributed by atoms with E-state index in [2.05, 4.69) is 28.1 Å². The molecule has 0 atom stereocenters. The minimum absolute atomic E-state index is 0.206. The maximum absolute atomic E-state index is 12.0. The van der Waals surface area contributed by atoms with Crippen LogP contribution in [0.2, 0.25) is 0 Å². The van der Waals surface area contributed by atoms with Crippen LogP contribution in [-0.2, 0) is 10.2 Å². The summed E-state index contributed by atoms with van der Waals surface area (Å²) in [5, 5.41) is 0. The third kappa shape index (κ3) is 2.08. The molecule has 0 N–H and O–H groups in total. The molecule has 0 saturated heterocycles. The second-order valence-corrected chi connectivity index (χ2v) is 5.62. The molecule has 1 aliphatic rings. The van der Waals surface area contributed by atoms with E-state index in [1.807, 2.05) is 12.1 Å². The van der Waals surface area contributed by atoms with Crippen molar-refractivity contribution in [2.75, 3.05) is 0 Å². The van der Waals surface area contributed by atoms with Crippen molar-refractivity contribution in [3.05, 3.63) is 34.3 Å². The summed E-state index contributed by atoms with van der Waals surface area (Å²) in [4.78, 5) is 12.0. The molecule has 86 valence electrons. The Labute approximate surface area is 105 Å². The normalized spacial score (nSPS) is 19.4. The lowest BCUT2D eigenvalue weighted by Crippen LogP contribution is -2.36. The monoisotopic (exact) mass is 280 g/mol. The predicted molar refractivity (Wildman–Crippen MR) is 69.6 cm³/mol. The molecule has 1 aliphatic carbocycles. The van der Waals surface area contributed by atoms with E-state index in [4.69, 9.17) is 0 Å². The lowest BCUT2D eigenvalue weighted by atomic mass is 9.67. The molecular formula is C14H17BrO. The van der Waals surface area contributed by atoms with Crippen LogP contribution in [0.5, 0.6) is 0 Å². The van der Waals surface area contributed by atoms with Gasteiger partial charge in [-0.2, -0.15) is 0 Å². The molecular weight excluding hydrogens is 264 g/mol. The molecule has 1 saturated carbocycles. The van der Waals surface area contributed by atoms with Crippen LogP contribution in [0.25, 0.3) is 0 Å². The number of rotatable bonds is 2. The zero-order valence-electron chi connectivity index (χ0n) is 9.63. The Morgan fingerprint density at radius 2 is 1.94 bits per heavy atom. The SMILES string of the molecule is CC(=O)C1(c2cccc(Br)c2)CCCCC1. The topological polar surface area (TPSA) is 17.1 Å². The first-order valence-corrected chi connectivity index (χ1v) is 6.71. The van der Waals surface area contributed by atoms with E-state index in [0.29, 0.717) is 5.78 Å². The molecule has 2 heteroatoms. The van der Waals surface area contributed by atoms with Crippen molar-refractivity contribution >= 4 is 21.7 Å². The molecule has 0 unspecified atom stereocenters. The summed E-state index contributed by atoms with van der Waals surface area (Å²) in [6, 6.07) is 8.24. The van der Waals surface area contributed by atoms with Crippen LogP contribution in [0.3, 0.4) is 0 Å². The molecule has 0 aliphatic heterocycles. The highest BCUT2D eigenvalue weighted by Crippen LogP contribution is 2.40. The third-order valence-electron chi connectivity index (χ3n) is 3.76. The Morgan fingerprint density at radius 3 is 2.50 bits per heavy atom. The molecule has 1 nitrogen and oxygen atoms in total. The third-order valence-corrected chi connectivity index (χ3v) is 4.25. The van der Waals surface area contributed by atoms with E-state index in [-0.39, 0.29) is 5.41 Å². The second kappa shape index (κ2) is 4.70. The van der Waals surface area contributed by atoms with Gasteiger partial charge in [-0.05, 0) is 37.5 Å². The Hall–Kier alpha value is -0.630. The molecule has 0 bridgehead atoms. The first-order valence-electron chi connectivity index (χ1n) is 5.92. The number of ketones is 1. The van der Waals surface area contributed by atoms with Gasteiger partial charge in [0.25, 0.3) is 0 Å². The highest BCUT2D eigenvalue weighted by atomic mass is 79.9. The molecule has 1 aromatic rings. The van der Waals surface area contributed by atoms with Crippen LogP contribution in [0.1, 0.15) is 44.6 Å². The summed E-state index contributed by atoms with van der Waals surface area (Å²) < 4.78 is 1.07. The van der Waals surface area contributed by atoms with Crippen molar-refractivity contribution in [2.45, 2.75) is 44.4 Å². The lowest BCUT2D eigenvalue weighted by Gasteiger charge is -2.35. The number of halogens is 1. The lowest BCUT2D eigenvalue weighted by molar-refractivity contribution is -0.123. The van der Waals surface area contributed by atoms with Gasteiger partial charge in [0.1, 0.15) is 5.78 Å². The van der Waals surface area contributed by atoms with Gasteiger partial charge >= 0.3 is 0 Å². The summed E-state index contributed by atoms with van der Waals surface area (Å²) in [6.07, 6.45) is 5.64. The highest BCUT2D eigenvalue weighted by molar-refractivity contribution is 9.10. The highest BCUT2D eigenvalue weighted by Gasteiger charge is 2.38. The standard InChI is InChI=1S/C14H17BrO/c1-11(16)14(8-3-2-4-9-14)12-6-5-7-13(15)10-12/h5-7,10H,2-4,8-9H2,1H3. The summed E-state index contributed by atoms with van der Waals surface area (Å²) in [5.74, 6) is 0.324. The van der Waals surface area contributed by atoms with Crippen molar-refractivity contribution < 1.29 is 4.79 Å². The molecule has 2 rings (SSSR count). The number of carbonyl (C=O) groups is 1. The van der Waals surface area contributed by atoms with E-state index in [1.54, 1.807) is 6.92 Å². The smallest absolute Gasteiger partial charge is 0.140 e. The van der Waals surface area contributed by atoms with E-state index in [0.717, 1.165) is 17.3 Å². The Morgan fingerprint density at radius 1 is 1.25 bits per heavy atom. The van der Waals surface area contributed by atoms with Crippen molar-refractivity contribution in [1.82, 2.24) is 0 Å². The van der Waals surface area contributed by atoms with Crippen LogP contribution in [0, 0.1) is 0 Å². The molecule has 0 amide bonds. The molecule has 0 spiro atoms. The van der Waals surface area contributed by atoms with E-state index in [1.165, 1.54) is 24.8 Å². The van der Waals surface area contributed by atoms with Gasteiger partial charge in [0.15, 0.2) is 0 Å². The largest absolute Gasteiger partial charge is 0.299 e. The van der Waals surface area contributed by atoms with Gasteiger partial charge in [-0.1, -0.05) is 47.3 Å². The molecule has 0 aromatic heterocycles. The van der Waals surface area contributed by atoms with Crippen molar-refractivity contribution in [1.29, 1.82) is 0 Å². The molecule has 0 heterocycles. The average Bonchev–Trinajstić information content (AvgIpc) is 2.30. The van der Waals surface area contributed by atoms with E-state index < -0.39 is 0 Å². The Balaban J connectivity index is 2.42. The second-order valence-electron chi connectivity index (χ2n) is 4.71. The average molecular weight is 281 g/mol. The van der Waals surface area contributed by atoms with Crippen molar-refractivity contribution in [3.8, 4) is 0 Å². The predicted octanol–water partition coefficient (Wildman–Crippen LogP) is 4.24. The quantitative estimate of drug-likeness (QED) is 0.792. The summed E-state index contributed by atoms with van der Waals surface area (Å²) in [6.45, 7) is 1.74. The fourth-order valence-corrected chi connectivity index (χ4v) is 3.18. The minimum Gasteiger partial charge on any atom is -0.299 e. The summed E-state index contributed by atoms with van der Waals surface area (Å²) in [7, 11) is 0. The van der Waals surface area contributed by atoms with E-state index in [9.17, 15) is 4.79 Å². The van der Waals surface area contributed by atoms with Crippen LogP contribution >= 0.6 is 15.9 Å². The van der Waals surface area contributed by atoms with Gasteiger partial charge in [0.05, 0.1) is 5.41 Å². The van der Waals surface area contributed by atoms with Gasteiger partial charge < -0.3 is 0 Å². The van der Waals surface area contributed by atoms with Crippen LogP contribution in [0.15, 0.2) is 28.7 Å². The maximum Gasteiger partial charge on any atom is 0.140 e.